The van der Waals surface area contributed by atoms with Crippen LogP contribution in [-0.2, 0) is 9.59 Å². The predicted octanol–water partition coefficient (Wildman–Crippen LogP) is 2.91. The van der Waals surface area contributed by atoms with Gasteiger partial charge in [0.15, 0.2) is 0 Å². The van der Waals surface area contributed by atoms with Gasteiger partial charge in [-0.15, -0.1) is 0 Å². The van der Waals surface area contributed by atoms with E-state index >= 15 is 0 Å². The number of benzene rings is 2. The summed E-state index contributed by atoms with van der Waals surface area (Å²) in [5.74, 6) is 0.953. The third-order valence-electron chi connectivity index (χ3n) is 5.28. The highest BCUT2D eigenvalue weighted by atomic mass is 16.5. The number of ether oxygens (including phenoxy) is 1. The maximum atomic E-state index is 12.5. The van der Waals surface area contributed by atoms with Crippen LogP contribution in [-0.4, -0.2) is 38.6 Å². The summed E-state index contributed by atoms with van der Waals surface area (Å²) < 4.78 is 5.18. The molecule has 2 N–H and O–H groups in total. The molecule has 1 fully saturated rings. The van der Waals surface area contributed by atoms with Crippen LogP contribution in [0.15, 0.2) is 54.6 Å². The Labute approximate surface area is 172 Å². The van der Waals surface area contributed by atoms with Crippen LogP contribution < -0.4 is 20.3 Å². The maximum absolute atomic E-state index is 12.5. The third kappa shape index (κ3) is 5.98. The molecule has 1 saturated heterocycles. The Bertz CT molecular complexity index is 808. The van der Waals surface area contributed by atoms with E-state index in [1.54, 1.807) is 7.11 Å². The number of nitrogens with one attached hydrogen (secondary N) is 2. The fraction of sp³-hybridized carbons (Fsp3) is 0.391. The van der Waals surface area contributed by atoms with Crippen molar-refractivity contribution in [3.05, 3.63) is 60.2 Å². The second kappa shape index (κ2) is 9.96. The number of carbonyl (C=O) groups is 2. The van der Waals surface area contributed by atoms with E-state index in [4.69, 9.17) is 4.74 Å². The molecule has 1 aliphatic rings. The molecule has 2 aromatic rings. The van der Waals surface area contributed by atoms with Crippen LogP contribution in [0.2, 0.25) is 0 Å². The number of carbonyl (C=O) groups excluding carboxylic acids is 2. The van der Waals surface area contributed by atoms with Gasteiger partial charge in [-0.25, -0.2) is 0 Å². The minimum absolute atomic E-state index is 0.0577. The van der Waals surface area contributed by atoms with Gasteiger partial charge in [-0.2, -0.15) is 0 Å². The molecule has 29 heavy (non-hydrogen) atoms. The molecule has 1 aliphatic heterocycles. The van der Waals surface area contributed by atoms with E-state index in [-0.39, 0.29) is 24.3 Å². The summed E-state index contributed by atoms with van der Waals surface area (Å²) >= 11 is 0. The molecule has 2 amide bonds. The fourth-order valence-corrected chi connectivity index (χ4v) is 3.72. The molecule has 1 heterocycles. The van der Waals surface area contributed by atoms with Gasteiger partial charge in [0.25, 0.3) is 0 Å². The van der Waals surface area contributed by atoms with Gasteiger partial charge in [0, 0.05) is 32.2 Å². The van der Waals surface area contributed by atoms with Crippen molar-refractivity contribution in [2.45, 2.75) is 25.8 Å². The van der Waals surface area contributed by atoms with Gasteiger partial charge in [-0.3, -0.25) is 9.59 Å². The van der Waals surface area contributed by atoms with Crippen molar-refractivity contribution in [3.63, 3.8) is 0 Å². The van der Waals surface area contributed by atoms with Crippen LogP contribution >= 0.6 is 0 Å². The Morgan fingerprint density at radius 2 is 1.86 bits per heavy atom. The Hall–Kier alpha value is -3.02. The zero-order valence-electron chi connectivity index (χ0n) is 17.1. The second-order valence-corrected chi connectivity index (χ2v) is 7.47. The standard InChI is InChI=1S/C23H29N3O3/c1-17(27)25-22(19-8-10-21(29-2)11-9-19)14-23(28)24-15-18-12-13-26(16-18)20-6-4-3-5-7-20/h3-11,18,22H,12-16H2,1-2H3,(H,24,28)(H,25,27)/t18-,22+/m1/s1. The van der Waals surface area contributed by atoms with Gasteiger partial charge in [0.1, 0.15) is 5.75 Å². The molecule has 0 aliphatic carbocycles. The van der Waals surface area contributed by atoms with E-state index in [1.165, 1.54) is 12.6 Å². The van der Waals surface area contributed by atoms with Gasteiger partial charge >= 0.3 is 0 Å². The maximum Gasteiger partial charge on any atom is 0.222 e. The van der Waals surface area contributed by atoms with Crippen molar-refractivity contribution in [1.82, 2.24) is 10.6 Å². The van der Waals surface area contributed by atoms with E-state index in [2.05, 4.69) is 27.7 Å². The first-order chi connectivity index (χ1) is 14.0. The van der Waals surface area contributed by atoms with Crippen LogP contribution in [0.1, 0.15) is 31.4 Å². The van der Waals surface area contributed by atoms with Crippen molar-refractivity contribution in [2.24, 2.45) is 5.92 Å². The lowest BCUT2D eigenvalue weighted by atomic mass is 10.0. The van der Waals surface area contributed by atoms with Crippen LogP contribution in [0.4, 0.5) is 5.69 Å². The third-order valence-corrected chi connectivity index (χ3v) is 5.28. The Kier molecular flexibility index (Phi) is 7.11. The number of methoxy groups -OCH3 is 1. The lowest BCUT2D eigenvalue weighted by Crippen LogP contribution is -2.35. The van der Waals surface area contributed by atoms with Crippen molar-refractivity contribution >= 4 is 17.5 Å². The van der Waals surface area contributed by atoms with E-state index < -0.39 is 0 Å². The number of rotatable bonds is 8. The molecule has 6 heteroatoms. The summed E-state index contributed by atoms with van der Waals surface area (Å²) in [6.07, 6.45) is 1.27. The topological polar surface area (TPSA) is 70.7 Å². The molecular weight excluding hydrogens is 366 g/mol. The molecule has 0 spiro atoms. The molecular formula is C23H29N3O3. The van der Waals surface area contributed by atoms with Crippen LogP contribution in [0.3, 0.4) is 0 Å². The number of hydrogen-bond acceptors (Lipinski definition) is 4. The lowest BCUT2D eigenvalue weighted by Gasteiger charge is -2.20. The Morgan fingerprint density at radius 3 is 2.52 bits per heavy atom. The van der Waals surface area contributed by atoms with E-state index in [9.17, 15) is 9.59 Å². The van der Waals surface area contributed by atoms with E-state index in [1.807, 2.05) is 42.5 Å². The molecule has 154 valence electrons. The first kappa shape index (κ1) is 20.7. The second-order valence-electron chi connectivity index (χ2n) is 7.47. The fourth-order valence-electron chi connectivity index (χ4n) is 3.72. The molecule has 6 nitrogen and oxygen atoms in total. The quantitative estimate of drug-likeness (QED) is 0.721. The van der Waals surface area contributed by atoms with E-state index in [0.717, 1.165) is 30.8 Å². The summed E-state index contributed by atoms with van der Waals surface area (Å²) in [4.78, 5) is 26.5. The SMILES string of the molecule is COc1ccc([C@H](CC(=O)NC[C@H]2CCN(c3ccccc3)C2)NC(C)=O)cc1. The highest BCUT2D eigenvalue weighted by Crippen LogP contribution is 2.23. The largest absolute Gasteiger partial charge is 0.497 e. The number of amides is 2. The first-order valence-electron chi connectivity index (χ1n) is 10.0. The summed E-state index contributed by atoms with van der Waals surface area (Å²) in [5, 5.41) is 5.92. The molecule has 2 atom stereocenters. The number of para-hydroxylation sites is 1. The van der Waals surface area contributed by atoms with Crippen molar-refractivity contribution in [1.29, 1.82) is 0 Å². The van der Waals surface area contributed by atoms with Crippen LogP contribution in [0.25, 0.3) is 0 Å². The Balaban J connectivity index is 1.51. The van der Waals surface area contributed by atoms with Crippen LogP contribution in [0, 0.1) is 5.92 Å². The smallest absolute Gasteiger partial charge is 0.222 e. The number of anilines is 1. The zero-order valence-corrected chi connectivity index (χ0v) is 17.1. The first-order valence-corrected chi connectivity index (χ1v) is 10.0. The predicted molar refractivity (Wildman–Crippen MR) is 114 cm³/mol. The Morgan fingerprint density at radius 1 is 1.14 bits per heavy atom. The average Bonchev–Trinajstić information content (AvgIpc) is 3.21. The van der Waals surface area contributed by atoms with Crippen molar-refractivity contribution in [2.75, 3.05) is 31.6 Å². The van der Waals surface area contributed by atoms with E-state index in [0.29, 0.717) is 12.5 Å². The highest BCUT2D eigenvalue weighted by Gasteiger charge is 2.24. The molecule has 0 radical (unpaired) electrons. The van der Waals surface area contributed by atoms with Gasteiger partial charge in [0.2, 0.25) is 11.8 Å². The molecule has 0 aromatic heterocycles. The molecule has 0 bridgehead atoms. The number of hydrogen-bond donors (Lipinski definition) is 2. The summed E-state index contributed by atoms with van der Waals surface area (Å²) in [6, 6.07) is 17.4. The minimum atomic E-state index is -0.359. The highest BCUT2D eigenvalue weighted by molar-refractivity contribution is 5.79. The molecule has 0 saturated carbocycles. The summed E-state index contributed by atoms with van der Waals surface area (Å²) in [7, 11) is 1.61. The van der Waals surface area contributed by atoms with Gasteiger partial charge in [-0.1, -0.05) is 30.3 Å². The molecule has 2 aromatic carbocycles. The van der Waals surface area contributed by atoms with Gasteiger partial charge in [0.05, 0.1) is 19.6 Å². The minimum Gasteiger partial charge on any atom is -0.497 e. The monoisotopic (exact) mass is 395 g/mol. The molecule has 3 rings (SSSR count). The van der Waals surface area contributed by atoms with Gasteiger partial charge < -0.3 is 20.3 Å². The lowest BCUT2D eigenvalue weighted by molar-refractivity contribution is -0.122. The normalized spacial score (nSPS) is 16.9. The molecule has 0 unspecified atom stereocenters. The average molecular weight is 396 g/mol. The summed E-state index contributed by atoms with van der Waals surface area (Å²) in [6.45, 7) is 4.06. The zero-order chi connectivity index (χ0) is 20.6. The van der Waals surface area contributed by atoms with Gasteiger partial charge in [-0.05, 0) is 42.2 Å². The number of nitrogens with zero attached hydrogens (tertiary/aromatic N) is 1. The van der Waals surface area contributed by atoms with Crippen LogP contribution in [0.5, 0.6) is 5.75 Å². The summed E-state index contributed by atoms with van der Waals surface area (Å²) in [5.41, 5.74) is 2.11. The van der Waals surface area contributed by atoms with Crippen molar-refractivity contribution in [3.8, 4) is 5.75 Å². The van der Waals surface area contributed by atoms with Crippen molar-refractivity contribution < 1.29 is 14.3 Å².